The summed E-state index contributed by atoms with van der Waals surface area (Å²) in [5, 5.41) is 2.60. The Bertz CT molecular complexity index is 566. The molecule has 2 N–H and O–H groups in total. The van der Waals surface area contributed by atoms with Crippen molar-refractivity contribution in [3.8, 4) is 0 Å². The van der Waals surface area contributed by atoms with Crippen LogP contribution in [0.4, 0.5) is 0 Å². The maximum atomic E-state index is 11.6. The van der Waals surface area contributed by atoms with Crippen molar-refractivity contribution < 1.29 is 17.8 Å². The zero-order chi connectivity index (χ0) is 14.5. The van der Waals surface area contributed by atoms with Gasteiger partial charge in [0.05, 0.1) is 5.54 Å². The Balaban J connectivity index is 3.14. The minimum Gasteiger partial charge on any atom is -0.342 e. The van der Waals surface area contributed by atoms with E-state index in [4.69, 9.17) is 4.55 Å². The summed E-state index contributed by atoms with van der Waals surface area (Å²) in [5.74, 6) is -1.01. The van der Waals surface area contributed by atoms with Gasteiger partial charge in [-0.2, -0.15) is 8.42 Å². The number of rotatable bonds is 5. The third-order valence-corrected chi connectivity index (χ3v) is 3.54. The number of amides is 1. The lowest BCUT2D eigenvalue weighted by Crippen LogP contribution is -2.47. The average molecular weight is 283 g/mol. The van der Waals surface area contributed by atoms with Gasteiger partial charge in [-0.1, -0.05) is 36.4 Å². The third kappa shape index (κ3) is 4.84. The smallest absolute Gasteiger partial charge is 0.267 e. The van der Waals surface area contributed by atoms with E-state index in [1.165, 1.54) is 6.08 Å². The standard InChI is InChI=1S/C13H17NO4S/c1-3-7-12(15)14-13(2,10-19(16,17)18)11-8-5-4-6-9-11/h3-9H,10H2,1-2H3,(H,14,15)(H,16,17,18)/b7-3+. The Morgan fingerprint density at radius 2 is 1.95 bits per heavy atom. The number of benzene rings is 1. The van der Waals surface area contributed by atoms with Gasteiger partial charge in [-0.05, 0) is 25.5 Å². The van der Waals surface area contributed by atoms with Crippen LogP contribution in [0.2, 0.25) is 0 Å². The number of hydrogen-bond acceptors (Lipinski definition) is 3. The second-order valence-electron chi connectivity index (χ2n) is 4.41. The number of carbonyl (C=O) groups is 1. The van der Waals surface area contributed by atoms with E-state index in [0.29, 0.717) is 5.56 Å². The van der Waals surface area contributed by atoms with Gasteiger partial charge in [0, 0.05) is 0 Å². The van der Waals surface area contributed by atoms with Gasteiger partial charge in [-0.3, -0.25) is 9.35 Å². The molecular formula is C13H17NO4S. The molecule has 0 radical (unpaired) electrons. The number of allylic oxidation sites excluding steroid dienone is 1. The molecule has 6 heteroatoms. The fourth-order valence-corrected chi connectivity index (χ4v) is 2.80. The molecule has 0 aliphatic carbocycles. The zero-order valence-corrected chi connectivity index (χ0v) is 11.6. The molecule has 1 aromatic rings. The zero-order valence-electron chi connectivity index (χ0n) is 10.8. The van der Waals surface area contributed by atoms with Gasteiger partial charge >= 0.3 is 0 Å². The van der Waals surface area contributed by atoms with Crippen LogP contribution in [-0.4, -0.2) is 24.6 Å². The monoisotopic (exact) mass is 283 g/mol. The summed E-state index contributed by atoms with van der Waals surface area (Å²) in [6, 6.07) is 8.64. The molecule has 1 rings (SSSR count). The van der Waals surface area contributed by atoms with Gasteiger partial charge < -0.3 is 5.32 Å². The SMILES string of the molecule is C/C=C/C(=O)NC(C)(CS(=O)(=O)O)c1ccccc1. The molecule has 0 heterocycles. The van der Waals surface area contributed by atoms with E-state index in [-0.39, 0.29) is 0 Å². The van der Waals surface area contributed by atoms with Gasteiger partial charge in [0.2, 0.25) is 5.91 Å². The Kier molecular flexibility index (Phi) is 4.85. The predicted molar refractivity (Wildman–Crippen MR) is 73.2 cm³/mol. The van der Waals surface area contributed by atoms with Crippen LogP contribution in [0.1, 0.15) is 19.4 Å². The first kappa shape index (κ1) is 15.4. The molecule has 1 amide bonds. The minimum atomic E-state index is -4.23. The molecule has 1 aromatic carbocycles. The first-order chi connectivity index (χ1) is 8.77. The molecule has 0 bridgehead atoms. The molecule has 1 atom stereocenters. The summed E-state index contributed by atoms with van der Waals surface area (Å²) < 4.78 is 31.4. The van der Waals surface area contributed by atoms with Crippen molar-refractivity contribution in [1.82, 2.24) is 5.32 Å². The van der Waals surface area contributed by atoms with E-state index >= 15 is 0 Å². The molecule has 19 heavy (non-hydrogen) atoms. The fourth-order valence-electron chi connectivity index (χ4n) is 1.83. The highest BCUT2D eigenvalue weighted by atomic mass is 32.2. The number of hydrogen-bond donors (Lipinski definition) is 2. The topological polar surface area (TPSA) is 83.5 Å². The molecule has 0 saturated carbocycles. The van der Waals surface area contributed by atoms with E-state index in [1.807, 2.05) is 0 Å². The molecule has 0 aliphatic rings. The van der Waals surface area contributed by atoms with Crippen LogP contribution in [0.25, 0.3) is 0 Å². The molecule has 1 unspecified atom stereocenters. The van der Waals surface area contributed by atoms with Gasteiger partial charge in [0.15, 0.2) is 0 Å². The Morgan fingerprint density at radius 1 is 1.37 bits per heavy atom. The van der Waals surface area contributed by atoms with Crippen LogP contribution in [0.5, 0.6) is 0 Å². The van der Waals surface area contributed by atoms with E-state index in [0.717, 1.165) is 0 Å². The summed E-state index contributed by atoms with van der Waals surface area (Å²) in [6.45, 7) is 3.24. The molecule has 0 aromatic heterocycles. The fraction of sp³-hybridized carbons (Fsp3) is 0.308. The Hall–Kier alpha value is -1.66. The maximum Gasteiger partial charge on any atom is 0.267 e. The van der Waals surface area contributed by atoms with Crippen LogP contribution in [-0.2, 0) is 20.5 Å². The van der Waals surface area contributed by atoms with Crippen molar-refractivity contribution in [3.05, 3.63) is 48.0 Å². The second kappa shape index (κ2) is 5.99. The summed E-state index contributed by atoms with van der Waals surface area (Å²) in [6.07, 6.45) is 2.85. The summed E-state index contributed by atoms with van der Waals surface area (Å²) >= 11 is 0. The summed E-state index contributed by atoms with van der Waals surface area (Å²) in [5.41, 5.74) is -0.587. The summed E-state index contributed by atoms with van der Waals surface area (Å²) in [7, 11) is -4.23. The number of nitrogens with one attached hydrogen (secondary N) is 1. The number of carbonyl (C=O) groups excluding carboxylic acids is 1. The minimum absolute atomic E-state index is 0.419. The molecule has 0 saturated heterocycles. The third-order valence-electron chi connectivity index (χ3n) is 2.60. The second-order valence-corrected chi connectivity index (χ2v) is 5.87. The first-order valence-corrected chi connectivity index (χ1v) is 7.33. The van der Waals surface area contributed by atoms with Crippen molar-refractivity contribution in [2.75, 3.05) is 5.75 Å². The van der Waals surface area contributed by atoms with Gasteiger partial charge in [-0.25, -0.2) is 0 Å². The average Bonchev–Trinajstić information content (AvgIpc) is 2.27. The largest absolute Gasteiger partial charge is 0.342 e. The van der Waals surface area contributed by atoms with Crippen LogP contribution in [0, 0.1) is 0 Å². The van der Waals surface area contributed by atoms with Crippen molar-refractivity contribution in [2.45, 2.75) is 19.4 Å². The lowest BCUT2D eigenvalue weighted by molar-refractivity contribution is -0.118. The van der Waals surface area contributed by atoms with E-state index in [9.17, 15) is 13.2 Å². The van der Waals surface area contributed by atoms with Gasteiger partial charge in [0.1, 0.15) is 5.75 Å². The Labute approximate surface area is 113 Å². The highest BCUT2D eigenvalue weighted by Gasteiger charge is 2.32. The highest BCUT2D eigenvalue weighted by molar-refractivity contribution is 7.85. The van der Waals surface area contributed by atoms with Crippen molar-refractivity contribution in [1.29, 1.82) is 0 Å². The van der Waals surface area contributed by atoms with Gasteiger partial charge in [-0.15, -0.1) is 0 Å². The van der Waals surface area contributed by atoms with Gasteiger partial charge in [0.25, 0.3) is 10.1 Å². The van der Waals surface area contributed by atoms with Crippen LogP contribution >= 0.6 is 0 Å². The van der Waals surface area contributed by atoms with Crippen LogP contribution < -0.4 is 5.32 Å². The highest BCUT2D eigenvalue weighted by Crippen LogP contribution is 2.22. The van der Waals surface area contributed by atoms with E-state index < -0.39 is 27.3 Å². The van der Waals surface area contributed by atoms with Crippen molar-refractivity contribution >= 4 is 16.0 Å². The normalized spacial score (nSPS) is 15.1. The first-order valence-electron chi connectivity index (χ1n) is 5.72. The maximum absolute atomic E-state index is 11.6. The predicted octanol–water partition coefficient (Wildman–Crippen LogP) is 1.48. The lowest BCUT2D eigenvalue weighted by Gasteiger charge is -2.29. The molecule has 0 aliphatic heterocycles. The Morgan fingerprint density at radius 3 is 2.42 bits per heavy atom. The lowest BCUT2D eigenvalue weighted by atomic mass is 9.94. The quantitative estimate of drug-likeness (QED) is 0.633. The van der Waals surface area contributed by atoms with Crippen LogP contribution in [0.3, 0.4) is 0 Å². The molecule has 104 valence electrons. The molecular weight excluding hydrogens is 266 g/mol. The molecule has 0 fully saturated rings. The van der Waals surface area contributed by atoms with Crippen molar-refractivity contribution in [2.24, 2.45) is 0 Å². The molecule has 0 spiro atoms. The van der Waals surface area contributed by atoms with E-state index in [2.05, 4.69) is 5.32 Å². The van der Waals surface area contributed by atoms with E-state index in [1.54, 1.807) is 50.3 Å². The van der Waals surface area contributed by atoms with Crippen molar-refractivity contribution in [3.63, 3.8) is 0 Å². The van der Waals surface area contributed by atoms with Crippen LogP contribution in [0.15, 0.2) is 42.5 Å². The summed E-state index contributed by atoms with van der Waals surface area (Å²) in [4.78, 5) is 11.6. The molecule has 5 nitrogen and oxygen atoms in total.